The zero-order valence-electron chi connectivity index (χ0n) is 10.8. The minimum atomic E-state index is -0.979. The number of carbonyl (C=O) groups is 1. The second kappa shape index (κ2) is 4.72. The van der Waals surface area contributed by atoms with Crippen LogP contribution >= 0.6 is 0 Å². The van der Waals surface area contributed by atoms with Gasteiger partial charge in [-0.3, -0.25) is 0 Å². The zero-order valence-corrected chi connectivity index (χ0v) is 10.8. The van der Waals surface area contributed by atoms with Crippen molar-refractivity contribution in [1.29, 1.82) is 0 Å². The highest BCUT2D eigenvalue weighted by molar-refractivity contribution is 5.92. The molecule has 2 aromatic heterocycles. The molecule has 0 aliphatic rings. The van der Waals surface area contributed by atoms with E-state index in [1.165, 1.54) is 12.1 Å². The van der Waals surface area contributed by atoms with E-state index in [0.29, 0.717) is 12.1 Å². The van der Waals surface area contributed by atoms with E-state index in [1.807, 2.05) is 11.5 Å². The summed E-state index contributed by atoms with van der Waals surface area (Å²) in [4.78, 5) is 10.9. The minimum Gasteiger partial charge on any atom is -0.478 e. The highest BCUT2D eigenvalue weighted by Gasteiger charge is 2.11. The second-order valence-corrected chi connectivity index (χ2v) is 4.29. The van der Waals surface area contributed by atoms with Crippen molar-refractivity contribution in [2.45, 2.75) is 20.0 Å². The molecule has 0 spiro atoms. The van der Waals surface area contributed by atoms with Gasteiger partial charge in [0.15, 0.2) is 5.82 Å². The van der Waals surface area contributed by atoms with Crippen molar-refractivity contribution in [1.82, 2.24) is 29.8 Å². The maximum Gasteiger partial charge on any atom is 0.335 e. The fourth-order valence-electron chi connectivity index (χ4n) is 2.02. The Bertz CT molecular complexity index is 775. The third-order valence-electron chi connectivity index (χ3n) is 3.09. The molecule has 1 N–H and O–H groups in total. The molecule has 0 bridgehead atoms. The summed E-state index contributed by atoms with van der Waals surface area (Å²) in [6.07, 6.45) is 1.66. The van der Waals surface area contributed by atoms with E-state index < -0.39 is 5.97 Å². The van der Waals surface area contributed by atoms with Gasteiger partial charge in [0.25, 0.3) is 0 Å². The molecule has 102 valence electrons. The van der Waals surface area contributed by atoms with Crippen LogP contribution in [0.15, 0.2) is 24.5 Å². The molecular weight excluding hydrogens is 260 g/mol. The van der Waals surface area contributed by atoms with E-state index in [-0.39, 0.29) is 5.56 Å². The summed E-state index contributed by atoms with van der Waals surface area (Å²) in [6.45, 7) is 3.22. The Morgan fingerprint density at radius 1 is 1.35 bits per heavy atom. The highest BCUT2D eigenvalue weighted by Crippen LogP contribution is 2.14. The smallest absolute Gasteiger partial charge is 0.335 e. The molecular formula is C12H12N6O2. The Balaban J connectivity index is 1.99. The van der Waals surface area contributed by atoms with Crippen LogP contribution in [0.3, 0.4) is 0 Å². The molecule has 0 aliphatic heterocycles. The summed E-state index contributed by atoms with van der Waals surface area (Å²) < 4.78 is 3.59. The van der Waals surface area contributed by atoms with E-state index in [4.69, 9.17) is 5.11 Å². The first-order valence-corrected chi connectivity index (χ1v) is 6.12. The Kier molecular flexibility index (Phi) is 2.90. The van der Waals surface area contributed by atoms with Crippen molar-refractivity contribution in [3.8, 4) is 0 Å². The number of carboxylic acid groups (broad SMARTS) is 1. The van der Waals surface area contributed by atoms with Gasteiger partial charge in [-0.25, -0.2) is 9.48 Å². The molecule has 0 fully saturated rings. The maximum atomic E-state index is 10.9. The van der Waals surface area contributed by atoms with Gasteiger partial charge in [0, 0.05) is 6.54 Å². The van der Waals surface area contributed by atoms with E-state index in [0.717, 1.165) is 17.9 Å². The van der Waals surface area contributed by atoms with Crippen LogP contribution in [0.5, 0.6) is 0 Å². The van der Waals surface area contributed by atoms with Crippen molar-refractivity contribution >= 4 is 17.0 Å². The predicted octanol–water partition coefficient (Wildman–Crippen LogP) is 0.789. The number of fused-ring (bicyclic) bond motifs is 1. The number of nitrogens with zero attached hydrogens (tertiary/aromatic N) is 6. The van der Waals surface area contributed by atoms with Crippen LogP contribution in [0.4, 0.5) is 0 Å². The van der Waals surface area contributed by atoms with Crippen LogP contribution in [-0.4, -0.2) is 40.8 Å². The van der Waals surface area contributed by atoms with Gasteiger partial charge in [-0.15, -0.1) is 15.3 Å². The molecule has 1 aromatic carbocycles. The normalized spacial score (nSPS) is 11.1. The molecule has 0 radical (unpaired) electrons. The molecule has 8 heteroatoms. The number of hydrogen-bond acceptors (Lipinski definition) is 5. The predicted molar refractivity (Wildman–Crippen MR) is 69.3 cm³/mol. The third-order valence-corrected chi connectivity index (χ3v) is 3.09. The van der Waals surface area contributed by atoms with Crippen LogP contribution < -0.4 is 0 Å². The zero-order chi connectivity index (χ0) is 14.1. The molecule has 3 rings (SSSR count). The fourth-order valence-corrected chi connectivity index (χ4v) is 2.02. The standard InChI is InChI=1S/C12H12N6O2/c1-2-17-7-13-15-11(17)6-18-10-4-3-8(12(19)20)5-9(10)14-16-18/h3-5,7H,2,6H2,1H3,(H,19,20). The summed E-state index contributed by atoms with van der Waals surface area (Å²) >= 11 is 0. The number of hydrogen-bond donors (Lipinski definition) is 1. The quantitative estimate of drug-likeness (QED) is 0.753. The van der Waals surface area contributed by atoms with Crippen LogP contribution in [0.2, 0.25) is 0 Å². The molecule has 2 heterocycles. The fraction of sp³-hybridized carbons (Fsp3) is 0.250. The lowest BCUT2D eigenvalue weighted by atomic mass is 10.2. The minimum absolute atomic E-state index is 0.196. The summed E-state index contributed by atoms with van der Waals surface area (Å²) in [6, 6.07) is 4.74. The first-order valence-electron chi connectivity index (χ1n) is 6.12. The molecule has 0 aliphatic carbocycles. The van der Waals surface area contributed by atoms with Crippen LogP contribution in [0.1, 0.15) is 23.1 Å². The topological polar surface area (TPSA) is 98.7 Å². The van der Waals surface area contributed by atoms with Gasteiger partial charge in [0.2, 0.25) is 0 Å². The van der Waals surface area contributed by atoms with Crippen LogP contribution in [0, 0.1) is 0 Å². The third kappa shape index (κ3) is 2.00. The molecule has 3 aromatic rings. The van der Waals surface area contributed by atoms with Crippen molar-refractivity contribution in [3.63, 3.8) is 0 Å². The summed E-state index contributed by atoms with van der Waals surface area (Å²) in [5.74, 6) is -0.200. The Labute approximate surface area is 113 Å². The Morgan fingerprint density at radius 2 is 2.20 bits per heavy atom. The molecule has 0 saturated heterocycles. The lowest BCUT2D eigenvalue weighted by molar-refractivity contribution is 0.0697. The second-order valence-electron chi connectivity index (χ2n) is 4.29. The maximum absolute atomic E-state index is 10.9. The van der Waals surface area contributed by atoms with Crippen LogP contribution in [-0.2, 0) is 13.1 Å². The molecule has 20 heavy (non-hydrogen) atoms. The number of aromatic carboxylic acids is 1. The molecule has 0 amide bonds. The molecule has 0 unspecified atom stereocenters. The highest BCUT2D eigenvalue weighted by atomic mass is 16.4. The van der Waals surface area contributed by atoms with E-state index in [9.17, 15) is 4.79 Å². The Morgan fingerprint density at radius 3 is 2.95 bits per heavy atom. The van der Waals surface area contributed by atoms with Gasteiger partial charge >= 0.3 is 5.97 Å². The summed E-state index contributed by atoms with van der Waals surface area (Å²) in [5, 5.41) is 24.9. The van der Waals surface area contributed by atoms with Gasteiger partial charge in [-0.2, -0.15) is 0 Å². The summed E-state index contributed by atoms with van der Waals surface area (Å²) in [7, 11) is 0. The van der Waals surface area contributed by atoms with Gasteiger partial charge in [-0.1, -0.05) is 5.21 Å². The largest absolute Gasteiger partial charge is 0.478 e. The van der Waals surface area contributed by atoms with Crippen molar-refractivity contribution in [2.24, 2.45) is 0 Å². The molecule has 0 saturated carbocycles. The van der Waals surface area contributed by atoms with E-state index >= 15 is 0 Å². The van der Waals surface area contributed by atoms with E-state index in [2.05, 4.69) is 20.5 Å². The first-order chi connectivity index (χ1) is 9.69. The van der Waals surface area contributed by atoms with Gasteiger partial charge in [-0.05, 0) is 25.1 Å². The average Bonchev–Trinajstić information content (AvgIpc) is 3.05. The lowest BCUT2D eigenvalue weighted by Crippen LogP contribution is -2.09. The number of aromatic nitrogens is 6. The Hall–Kier alpha value is -2.77. The monoisotopic (exact) mass is 272 g/mol. The number of rotatable bonds is 4. The van der Waals surface area contributed by atoms with Crippen molar-refractivity contribution in [3.05, 3.63) is 35.9 Å². The van der Waals surface area contributed by atoms with E-state index in [1.54, 1.807) is 17.1 Å². The van der Waals surface area contributed by atoms with Crippen molar-refractivity contribution < 1.29 is 9.90 Å². The number of benzene rings is 1. The van der Waals surface area contributed by atoms with Gasteiger partial charge in [0.05, 0.1) is 11.1 Å². The molecule has 0 atom stereocenters. The van der Waals surface area contributed by atoms with Gasteiger partial charge < -0.3 is 9.67 Å². The summed E-state index contributed by atoms with van der Waals surface area (Å²) in [5.41, 5.74) is 1.51. The SMILES string of the molecule is CCn1cnnc1Cn1nnc2cc(C(=O)O)ccc21. The van der Waals surface area contributed by atoms with Gasteiger partial charge in [0.1, 0.15) is 18.4 Å². The first kappa shape index (κ1) is 12.3. The average molecular weight is 272 g/mol. The number of carboxylic acids is 1. The van der Waals surface area contributed by atoms with Crippen molar-refractivity contribution in [2.75, 3.05) is 0 Å². The van der Waals surface area contributed by atoms with Crippen LogP contribution in [0.25, 0.3) is 11.0 Å². The number of aryl methyl sites for hydroxylation is 1. The lowest BCUT2D eigenvalue weighted by Gasteiger charge is -2.03. The molecule has 8 nitrogen and oxygen atoms in total.